The van der Waals surface area contributed by atoms with Crippen molar-refractivity contribution in [3.63, 3.8) is 0 Å². The van der Waals surface area contributed by atoms with Gasteiger partial charge in [0.05, 0.1) is 24.9 Å². The van der Waals surface area contributed by atoms with Gasteiger partial charge in [0.25, 0.3) is 0 Å². The van der Waals surface area contributed by atoms with Crippen LogP contribution in [0.5, 0.6) is 0 Å². The van der Waals surface area contributed by atoms with Crippen LogP contribution in [0.4, 0.5) is 0 Å². The van der Waals surface area contributed by atoms with Gasteiger partial charge in [-0.1, -0.05) is 48.5 Å². The lowest BCUT2D eigenvalue weighted by atomic mass is 10.0. The van der Waals surface area contributed by atoms with E-state index in [1.807, 2.05) is 53.5 Å². The van der Waals surface area contributed by atoms with Crippen LogP contribution in [0.2, 0.25) is 0 Å². The Labute approximate surface area is 182 Å². The molecule has 0 saturated heterocycles. The maximum absolute atomic E-state index is 5.23. The van der Waals surface area contributed by atoms with Crippen molar-refractivity contribution in [2.45, 2.75) is 26.1 Å². The van der Waals surface area contributed by atoms with Crippen molar-refractivity contribution in [2.75, 3.05) is 20.8 Å². The van der Waals surface area contributed by atoms with E-state index in [0.29, 0.717) is 13.2 Å². The fraction of sp³-hybridized carbons (Fsp3) is 0.304. The van der Waals surface area contributed by atoms with Crippen LogP contribution in [-0.4, -0.2) is 55.4 Å². The predicted molar refractivity (Wildman–Crippen MR) is 118 cm³/mol. The molecule has 4 rings (SSSR count). The number of imidazole rings is 1. The molecule has 0 spiro atoms. The van der Waals surface area contributed by atoms with E-state index in [4.69, 9.17) is 4.74 Å². The van der Waals surface area contributed by atoms with E-state index >= 15 is 0 Å². The maximum Gasteiger partial charge on any atom is 0.178 e. The molecule has 0 saturated carbocycles. The molecule has 2 heterocycles. The molecular formula is C23H27N7O. The Morgan fingerprint density at radius 1 is 1.06 bits per heavy atom. The Hall–Kier alpha value is -3.36. The Kier molecular flexibility index (Phi) is 6.49. The van der Waals surface area contributed by atoms with Gasteiger partial charge in [0.2, 0.25) is 0 Å². The lowest BCUT2D eigenvalue weighted by Crippen LogP contribution is -2.29. The minimum absolute atomic E-state index is 0.150. The number of rotatable bonds is 9. The van der Waals surface area contributed by atoms with E-state index in [1.165, 1.54) is 0 Å². The average molecular weight is 418 g/mol. The van der Waals surface area contributed by atoms with Gasteiger partial charge in [0.15, 0.2) is 5.82 Å². The highest BCUT2D eigenvalue weighted by Crippen LogP contribution is 2.29. The lowest BCUT2D eigenvalue weighted by Gasteiger charge is -2.27. The molecule has 0 aliphatic carbocycles. The summed E-state index contributed by atoms with van der Waals surface area (Å²) in [6, 6.07) is 18.3. The topological polar surface area (TPSA) is 73.9 Å². The lowest BCUT2D eigenvalue weighted by molar-refractivity contribution is 0.183. The van der Waals surface area contributed by atoms with Gasteiger partial charge in [-0.25, -0.2) is 4.98 Å². The molecule has 0 unspecified atom stereocenters. The number of nitrogens with zero attached hydrogens (tertiary/aromatic N) is 7. The van der Waals surface area contributed by atoms with Crippen LogP contribution in [0.1, 0.15) is 28.8 Å². The maximum atomic E-state index is 5.23. The van der Waals surface area contributed by atoms with Crippen molar-refractivity contribution in [3.8, 4) is 5.69 Å². The fourth-order valence-electron chi connectivity index (χ4n) is 3.77. The first-order valence-corrected chi connectivity index (χ1v) is 10.3. The van der Waals surface area contributed by atoms with E-state index in [1.54, 1.807) is 7.11 Å². The summed E-state index contributed by atoms with van der Waals surface area (Å²) in [5, 5.41) is 12.8. The summed E-state index contributed by atoms with van der Waals surface area (Å²) in [6.45, 7) is 4.10. The molecule has 31 heavy (non-hydrogen) atoms. The third kappa shape index (κ3) is 4.55. The van der Waals surface area contributed by atoms with Gasteiger partial charge in [0, 0.05) is 26.0 Å². The molecule has 0 bridgehead atoms. The molecule has 4 aromatic rings. The zero-order valence-corrected chi connectivity index (χ0v) is 18.1. The molecule has 0 radical (unpaired) electrons. The minimum Gasteiger partial charge on any atom is -0.383 e. The number of hydrogen-bond acceptors (Lipinski definition) is 6. The highest BCUT2D eigenvalue weighted by Gasteiger charge is 2.27. The highest BCUT2D eigenvalue weighted by atomic mass is 16.5. The summed E-state index contributed by atoms with van der Waals surface area (Å²) in [5.74, 6) is 1.73. The summed E-state index contributed by atoms with van der Waals surface area (Å²) in [4.78, 5) is 6.79. The largest absolute Gasteiger partial charge is 0.383 e. The fourth-order valence-corrected chi connectivity index (χ4v) is 3.77. The number of hydrogen-bond donors (Lipinski definition) is 0. The van der Waals surface area contributed by atoms with Gasteiger partial charge in [-0.15, -0.1) is 5.10 Å². The van der Waals surface area contributed by atoms with Gasteiger partial charge >= 0.3 is 0 Å². The first-order chi connectivity index (χ1) is 15.2. The van der Waals surface area contributed by atoms with Crippen molar-refractivity contribution >= 4 is 0 Å². The zero-order valence-electron chi connectivity index (χ0n) is 18.1. The molecule has 2 aromatic carbocycles. The van der Waals surface area contributed by atoms with Crippen molar-refractivity contribution in [1.82, 2.24) is 34.7 Å². The van der Waals surface area contributed by atoms with Crippen molar-refractivity contribution in [2.24, 2.45) is 0 Å². The molecular weight excluding hydrogens is 390 g/mol. The Morgan fingerprint density at radius 2 is 1.84 bits per heavy atom. The Morgan fingerprint density at radius 3 is 2.61 bits per heavy atom. The number of aromatic nitrogens is 6. The van der Waals surface area contributed by atoms with Crippen LogP contribution in [0, 0.1) is 6.92 Å². The Bertz CT molecular complexity index is 1110. The van der Waals surface area contributed by atoms with E-state index in [2.05, 4.69) is 62.1 Å². The summed E-state index contributed by atoms with van der Waals surface area (Å²) < 4.78 is 9.19. The predicted octanol–water partition coefficient (Wildman–Crippen LogP) is 3.04. The molecule has 160 valence electrons. The molecule has 0 fully saturated rings. The summed E-state index contributed by atoms with van der Waals surface area (Å²) >= 11 is 0. The summed E-state index contributed by atoms with van der Waals surface area (Å²) in [5.41, 5.74) is 3.20. The third-order valence-corrected chi connectivity index (χ3v) is 5.37. The van der Waals surface area contributed by atoms with Crippen LogP contribution in [0.3, 0.4) is 0 Å². The second kappa shape index (κ2) is 9.63. The number of benzene rings is 2. The van der Waals surface area contributed by atoms with Crippen LogP contribution in [0.25, 0.3) is 5.69 Å². The van der Waals surface area contributed by atoms with Crippen LogP contribution < -0.4 is 0 Å². The molecule has 8 nitrogen and oxygen atoms in total. The third-order valence-electron chi connectivity index (χ3n) is 5.37. The average Bonchev–Trinajstić information content (AvgIpc) is 3.43. The normalized spacial score (nSPS) is 12.4. The number of aryl methyl sites for hydroxylation is 1. The van der Waals surface area contributed by atoms with Crippen molar-refractivity contribution < 1.29 is 4.74 Å². The van der Waals surface area contributed by atoms with E-state index in [-0.39, 0.29) is 6.04 Å². The van der Waals surface area contributed by atoms with E-state index < -0.39 is 0 Å². The zero-order chi connectivity index (χ0) is 21.6. The first-order valence-electron chi connectivity index (χ1n) is 10.3. The van der Waals surface area contributed by atoms with Crippen LogP contribution >= 0.6 is 0 Å². The van der Waals surface area contributed by atoms with Gasteiger partial charge in [0.1, 0.15) is 5.82 Å². The van der Waals surface area contributed by atoms with Gasteiger partial charge in [-0.3, -0.25) is 4.90 Å². The van der Waals surface area contributed by atoms with Gasteiger partial charge in [-0.2, -0.15) is 4.68 Å². The highest BCUT2D eigenvalue weighted by molar-refractivity contribution is 5.40. The van der Waals surface area contributed by atoms with Crippen molar-refractivity contribution in [1.29, 1.82) is 0 Å². The van der Waals surface area contributed by atoms with Crippen molar-refractivity contribution in [3.05, 3.63) is 89.8 Å². The second-order valence-electron chi connectivity index (χ2n) is 7.49. The SMILES string of the molecule is COCCn1ccnc1CN(C)[C@H](c1ccccc1)c1nnnn1-c1ccccc1C. The summed E-state index contributed by atoms with van der Waals surface area (Å²) in [7, 11) is 3.78. The van der Waals surface area contributed by atoms with E-state index in [0.717, 1.165) is 35.0 Å². The van der Waals surface area contributed by atoms with Gasteiger partial charge in [-0.05, 0) is 41.6 Å². The van der Waals surface area contributed by atoms with Crippen LogP contribution in [-0.2, 0) is 17.8 Å². The Balaban J connectivity index is 1.72. The number of ether oxygens (including phenoxy) is 1. The number of tetrazole rings is 1. The standard InChI is InChI=1S/C23H27N7O/c1-18-9-7-8-12-20(18)30-23(25-26-27-30)22(19-10-5-4-6-11-19)28(2)17-21-24-13-14-29(21)15-16-31-3/h4-14,22H,15-17H2,1-3H3/t22-/m1/s1. The molecule has 8 heteroatoms. The first kappa shape index (κ1) is 20.9. The molecule has 1 atom stereocenters. The monoisotopic (exact) mass is 417 g/mol. The quantitative estimate of drug-likeness (QED) is 0.417. The molecule has 0 amide bonds. The molecule has 2 aromatic heterocycles. The smallest absolute Gasteiger partial charge is 0.178 e. The second-order valence-corrected chi connectivity index (χ2v) is 7.49. The number of para-hydroxylation sites is 1. The number of methoxy groups -OCH3 is 1. The molecule has 0 aliphatic heterocycles. The van der Waals surface area contributed by atoms with Crippen LogP contribution in [0.15, 0.2) is 67.0 Å². The molecule has 0 aliphatic rings. The van der Waals surface area contributed by atoms with Gasteiger partial charge < -0.3 is 9.30 Å². The summed E-state index contributed by atoms with van der Waals surface area (Å²) in [6.07, 6.45) is 3.81. The molecule has 0 N–H and O–H groups in total. The van der Waals surface area contributed by atoms with E-state index in [9.17, 15) is 0 Å². The minimum atomic E-state index is -0.150.